The lowest BCUT2D eigenvalue weighted by Gasteiger charge is -2.21. The van der Waals surface area contributed by atoms with Gasteiger partial charge in [0, 0.05) is 11.3 Å². The Morgan fingerprint density at radius 3 is 2.31 bits per heavy atom. The van der Waals surface area contributed by atoms with Crippen LogP contribution in [-0.2, 0) is 16.0 Å². The van der Waals surface area contributed by atoms with Crippen LogP contribution in [0.25, 0.3) is 0 Å². The zero-order valence-corrected chi connectivity index (χ0v) is 16.4. The molecule has 1 saturated heterocycles. The zero-order valence-electron chi connectivity index (χ0n) is 16.4. The van der Waals surface area contributed by atoms with Gasteiger partial charge in [0.2, 0.25) is 5.91 Å². The van der Waals surface area contributed by atoms with Crippen molar-refractivity contribution in [2.24, 2.45) is 0 Å². The fraction of sp³-hybridized carbons (Fsp3) is 0.273. The lowest BCUT2D eigenvalue weighted by molar-refractivity contribution is -0.133. The van der Waals surface area contributed by atoms with Crippen LogP contribution in [0.3, 0.4) is 0 Å². The number of anilines is 1. The van der Waals surface area contributed by atoms with Crippen LogP contribution in [0.4, 0.5) is 10.5 Å². The molecule has 4 amide bonds. The molecule has 7 heteroatoms. The molecule has 2 aromatic carbocycles. The van der Waals surface area contributed by atoms with E-state index >= 15 is 0 Å². The van der Waals surface area contributed by atoms with E-state index in [1.165, 1.54) is 6.92 Å². The number of Topliss-reactive ketones (excluding diaryl/α,β-unsaturated/α-hetero) is 1. The van der Waals surface area contributed by atoms with Crippen molar-refractivity contribution in [1.29, 1.82) is 0 Å². The van der Waals surface area contributed by atoms with Crippen LogP contribution >= 0.6 is 0 Å². The van der Waals surface area contributed by atoms with E-state index in [0.29, 0.717) is 24.1 Å². The van der Waals surface area contributed by atoms with Gasteiger partial charge >= 0.3 is 6.03 Å². The molecule has 0 bridgehead atoms. The second kappa shape index (κ2) is 8.26. The highest BCUT2D eigenvalue weighted by Gasteiger charge is 2.47. The first kappa shape index (κ1) is 20.3. The topological polar surface area (TPSA) is 95.6 Å². The van der Waals surface area contributed by atoms with Crippen LogP contribution in [-0.4, -0.2) is 40.6 Å². The molecule has 1 heterocycles. The van der Waals surface area contributed by atoms with Gasteiger partial charge in [-0.15, -0.1) is 0 Å². The second-order valence-electron chi connectivity index (χ2n) is 7.32. The van der Waals surface area contributed by atoms with Crippen molar-refractivity contribution < 1.29 is 19.2 Å². The summed E-state index contributed by atoms with van der Waals surface area (Å²) in [5.74, 6) is -0.978. The Bertz CT molecular complexity index is 940. The third kappa shape index (κ3) is 4.68. The van der Waals surface area contributed by atoms with Crippen LogP contribution < -0.4 is 10.6 Å². The maximum absolute atomic E-state index is 12.8. The fourth-order valence-electron chi connectivity index (χ4n) is 3.23. The number of urea groups is 1. The number of rotatable bonds is 7. The minimum absolute atomic E-state index is 0.0722. The van der Waals surface area contributed by atoms with E-state index in [2.05, 4.69) is 10.6 Å². The van der Waals surface area contributed by atoms with Crippen LogP contribution in [0, 0.1) is 0 Å². The predicted molar refractivity (Wildman–Crippen MR) is 108 cm³/mol. The number of hydrogen-bond donors (Lipinski definition) is 2. The predicted octanol–water partition coefficient (Wildman–Crippen LogP) is 2.77. The average Bonchev–Trinajstić information content (AvgIpc) is 2.91. The molecule has 2 aromatic rings. The van der Waals surface area contributed by atoms with Gasteiger partial charge in [-0.3, -0.25) is 19.3 Å². The number of nitrogens with one attached hydrogen (secondary N) is 2. The fourth-order valence-corrected chi connectivity index (χ4v) is 3.23. The largest absolute Gasteiger partial charge is 0.325 e. The van der Waals surface area contributed by atoms with Crippen molar-refractivity contribution >= 4 is 29.3 Å². The third-order valence-electron chi connectivity index (χ3n) is 4.98. The van der Waals surface area contributed by atoms with E-state index < -0.39 is 23.4 Å². The Labute approximate surface area is 169 Å². The molecule has 1 fully saturated rings. The van der Waals surface area contributed by atoms with Crippen molar-refractivity contribution in [2.75, 3.05) is 11.9 Å². The summed E-state index contributed by atoms with van der Waals surface area (Å²) in [5, 5.41) is 5.35. The van der Waals surface area contributed by atoms with Gasteiger partial charge in [0.05, 0.1) is 0 Å². The number of carbonyl (C=O) groups is 4. The first-order chi connectivity index (χ1) is 13.8. The van der Waals surface area contributed by atoms with Gasteiger partial charge in [-0.05, 0) is 56.5 Å². The number of amides is 4. The van der Waals surface area contributed by atoms with E-state index in [0.717, 1.165) is 10.5 Å². The summed E-state index contributed by atoms with van der Waals surface area (Å²) < 4.78 is 0. The Morgan fingerprint density at radius 1 is 1.03 bits per heavy atom. The van der Waals surface area contributed by atoms with Gasteiger partial charge in [-0.2, -0.15) is 0 Å². The van der Waals surface area contributed by atoms with Crippen LogP contribution in [0.1, 0.15) is 36.2 Å². The highest BCUT2D eigenvalue weighted by atomic mass is 16.2. The maximum Gasteiger partial charge on any atom is 0.325 e. The molecular formula is C22H23N3O4. The number of imide groups is 1. The highest BCUT2D eigenvalue weighted by Crippen LogP contribution is 2.23. The van der Waals surface area contributed by atoms with E-state index in [1.807, 2.05) is 30.3 Å². The molecular weight excluding hydrogens is 370 g/mol. The SMILES string of the molecule is CC(=O)c1ccc(NC(=O)CN2C(=O)N[C@](C)(CCc3ccccc3)C2=O)cc1. The summed E-state index contributed by atoms with van der Waals surface area (Å²) in [6.07, 6.45) is 1.07. The minimum Gasteiger partial charge on any atom is -0.325 e. The Balaban J connectivity index is 1.60. The number of ketones is 1. The van der Waals surface area contributed by atoms with Gasteiger partial charge < -0.3 is 10.6 Å². The van der Waals surface area contributed by atoms with E-state index in [1.54, 1.807) is 31.2 Å². The summed E-state index contributed by atoms with van der Waals surface area (Å²) in [5.41, 5.74) is 1.04. The number of carbonyl (C=O) groups excluding carboxylic acids is 4. The average molecular weight is 393 g/mol. The summed E-state index contributed by atoms with van der Waals surface area (Å²) in [6.45, 7) is 2.76. The van der Waals surface area contributed by atoms with Crippen molar-refractivity contribution in [3.05, 3.63) is 65.7 Å². The van der Waals surface area contributed by atoms with Gasteiger partial charge in [0.15, 0.2) is 5.78 Å². The number of hydrogen-bond acceptors (Lipinski definition) is 4. The van der Waals surface area contributed by atoms with Crippen molar-refractivity contribution in [3.63, 3.8) is 0 Å². The lowest BCUT2D eigenvalue weighted by atomic mass is 9.93. The highest BCUT2D eigenvalue weighted by molar-refractivity contribution is 6.10. The molecule has 7 nitrogen and oxygen atoms in total. The molecule has 0 unspecified atom stereocenters. The summed E-state index contributed by atoms with van der Waals surface area (Å²) in [6, 6.07) is 15.5. The standard InChI is InChI=1S/C22H23N3O4/c1-15(26)17-8-10-18(11-9-17)23-19(27)14-25-20(28)22(2,24-21(25)29)13-12-16-6-4-3-5-7-16/h3-11H,12-14H2,1-2H3,(H,23,27)(H,24,29)/t22-/m1/s1. The molecule has 1 atom stereocenters. The van der Waals surface area contributed by atoms with Gasteiger partial charge in [-0.25, -0.2) is 4.79 Å². The molecule has 150 valence electrons. The number of benzene rings is 2. The van der Waals surface area contributed by atoms with E-state index in [-0.39, 0.29) is 12.3 Å². The molecule has 1 aliphatic rings. The summed E-state index contributed by atoms with van der Waals surface area (Å²) in [7, 11) is 0. The molecule has 0 aliphatic carbocycles. The maximum atomic E-state index is 12.8. The minimum atomic E-state index is -1.05. The van der Waals surface area contributed by atoms with Gasteiger partial charge in [0.1, 0.15) is 12.1 Å². The van der Waals surface area contributed by atoms with E-state index in [9.17, 15) is 19.2 Å². The Kier molecular flexibility index (Phi) is 5.77. The monoisotopic (exact) mass is 393 g/mol. The zero-order chi connectivity index (χ0) is 21.0. The summed E-state index contributed by atoms with van der Waals surface area (Å²) >= 11 is 0. The Hall–Kier alpha value is -3.48. The van der Waals surface area contributed by atoms with Crippen molar-refractivity contribution in [2.45, 2.75) is 32.2 Å². The van der Waals surface area contributed by atoms with Crippen LogP contribution in [0.15, 0.2) is 54.6 Å². The first-order valence-electron chi connectivity index (χ1n) is 9.37. The van der Waals surface area contributed by atoms with Gasteiger partial charge in [0.25, 0.3) is 5.91 Å². The molecule has 1 aliphatic heterocycles. The molecule has 0 aromatic heterocycles. The quantitative estimate of drug-likeness (QED) is 0.558. The van der Waals surface area contributed by atoms with E-state index in [4.69, 9.17) is 0 Å². The number of nitrogens with zero attached hydrogens (tertiary/aromatic N) is 1. The van der Waals surface area contributed by atoms with Crippen LogP contribution in [0.2, 0.25) is 0 Å². The molecule has 0 radical (unpaired) electrons. The van der Waals surface area contributed by atoms with Gasteiger partial charge in [-0.1, -0.05) is 30.3 Å². The number of aryl methyl sites for hydroxylation is 1. The van der Waals surface area contributed by atoms with Crippen molar-refractivity contribution in [3.8, 4) is 0 Å². The van der Waals surface area contributed by atoms with Crippen molar-refractivity contribution in [1.82, 2.24) is 10.2 Å². The molecule has 0 saturated carbocycles. The third-order valence-corrected chi connectivity index (χ3v) is 4.98. The molecule has 2 N–H and O–H groups in total. The second-order valence-corrected chi connectivity index (χ2v) is 7.32. The lowest BCUT2D eigenvalue weighted by Crippen LogP contribution is -2.45. The smallest absolute Gasteiger partial charge is 0.325 e. The Morgan fingerprint density at radius 2 is 1.69 bits per heavy atom. The first-order valence-corrected chi connectivity index (χ1v) is 9.37. The summed E-state index contributed by atoms with van der Waals surface area (Å²) in [4.78, 5) is 49.6. The molecule has 29 heavy (non-hydrogen) atoms. The molecule has 0 spiro atoms. The normalized spacial score (nSPS) is 18.5. The molecule has 3 rings (SSSR count). The van der Waals surface area contributed by atoms with Crippen LogP contribution in [0.5, 0.6) is 0 Å².